The monoisotopic (exact) mass is 417 g/mol. The Morgan fingerprint density at radius 1 is 1.24 bits per heavy atom. The van der Waals surface area contributed by atoms with Crippen LogP contribution in [0.2, 0.25) is 5.02 Å². The van der Waals surface area contributed by atoms with E-state index in [1.807, 2.05) is 18.2 Å². The number of anilines is 1. The normalized spacial score (nSPS) is 19.8. The average molecular weight is 418 g/mol. The highest BCUT2D eigenvalue weighted by molar-refractivity contribution is 6.30. The molecule has 1 saturated heterocycles. The molecule has 6 heteroatoms. The van der Waals surface area contributed by atoms with Crippen molar-refractivity contribution in [3.8, 4) is 0 Å². The molecular formula is C23H27ClFN2O2-. The maximum absolute atomic E-state index is 13.2. The van der Waals surface area contributed by atoms with E-state index in [0.717, 1.165) is 16.8 Å². The zero-order chi connectivity index (χ0) is 21.2. The predicted octanol–water partition coefficient (Wildman–Crippen LogP) is 4.70. The molecule has 2 aromatic rings. The number of nitrogens with one attached hydrogen (secondary N) is 1. The lowest BCUT2D eigenvalue weighted by Gasteiger charge is -2.47. The topological polar surface area (TPSA) is 55.4 Å². The van der Waals surface area contributed by atoms with Crippen LogP contribution in [0.1, 0.15) is 44.7 Å². The SMILES string of the molecule is CC(C)(C)C1CC(Nc2ccc(Cl)cc2Cc2ccc(F)cc2)CCN1C(=O)[O-]. The third-order valence-corrected chi connectivity index (χ3v) is 5.81. The summed E-state index contributed by atoms with van der Waals surface area (Å²) in [5.74, 6) is -0.258. The van der Waals surface area contributed by atoms with Crippen molar-refractivity contribution in [1.82, 2.24) is 4.90 Å². The summed E-state index contributed by atoms with van der Waals surface area (Å²) in [4.78, 5) is 13.0. The molecule has 1 N–H and O–H groups in total. The van der Waals surface area contributed by atoms with Crippen LogP contribution in [0.4, 0.5) is 14.9 Å². The molecule has 0 saturated carbocycles. The molecule has 1 aliphatic rings. The second-order valence-electron chi connectivity index (χ2n) is 8.81. The first-order valence-electron chi connectivity index (χ1n) is 9.90. The van der Waals surface area contributed by atoms with E-state index in [4.69, 9.17) is 11.6 Å². The minimum absolute atomic E-state index is 0.119. The second kappa shape index (κ2) is 8.62. The Hall–Kier alpha value is -2.27. The number of piperidine rings is 1. The summed E-state index contributed by atoms with van der Waals surface area (Å²) < 4.78 is 13.2. The van der Waals surface area contributed by atoms with Crippen molar-refractivity contribution >= 4 is 23.4 Å². The van der Waals surface area contributed by atoms with Crippen LogP contribution in [-0.2, 0) is 6.42 Å². The van der Waals surface area contributed by atoms with Gasteiger partial charge in [-0.25, -0.2) is 4.39 Å². The molecule has 3 rings (SSSR count). The van der Waals surface area contributed by atoms with Gasteiger partial charge in [0.15, 0.2) is 0 Å². The molecule has 0 aliphatic carbocycles. The Morgan fingerprint density at radius 2 is 1.93 bits per heavy atom. The number of carbonyl (C=O) groups excluding carboxylic acids is 1. The van der Waals surface area contributed by atoms with Crippen LogP contribution >= 0.6 is 11.6 Å². The summed E-state index contributed by atoms with van der Waals surface area (Å²) in [5.41, 5.74) is 2.81. The van der Waals surface area contributed by atoms with Gasteiger partial charge in [0.05, 0.1) is 0 Å². The first-order valence-corrected chi connectivity index (χ1v) is 10.3. The van der Waals surface area contributed by atoms with Gasteiger partial charge >= 0.3 is 0 Å². The van der Waals surface area contributed by atoms with Crippen LogP contribution in [0.3, 0.4) is 0 Å². The minimum atomic E-state index is -1.10. The number of nitrogens with zero attached hydrogens (tertiary/aromatic N) is 1. The smallest absolute Gasteiger partial charge is 0.137 e. The lowest BCUT2D eigenvalue weighted by Crippen LogP contribution is -2.57. The Kier molecular flexibility index (Phi) is 6.37. The Labute approximate surface area is 176 Å². The van der Waals surface area contributed by atoms with E-state index in [1.165, 1.54) is 17.0 Å². The first kappa shape index (κ1) is 21.4. The highest BCUT2D eigenvalue weighted by Crippen LogP contribution is 2.34. The van der Waals surface area contributed by atoms with Crippen molar-refractivity contribution in [2.75, 3.05) is 11.9 Å². The molecule has 1 aliphatic heterocycles. The van der Waals surface area contributed by atoms with Gasteiger partial charge in [-0.2, -0.15) is 0 Å². The molecule has 1 amide bonds. The summed E-state index contributed by atoms with van der Waals surface area (Å²) in [6.07, 6.45) is 0.936. The van der Waals surface area contributed by atoms with E-state index >= 15 is 0 Å². The second-order valence-corrected chi connectivity index (χ2v) is 9.25. The van der Waals surface area contributed by atoms with Crippen molar-refractivity contribution < 1.29 is 14.3 Å². The van der Waals surface area contributed by atoms with Gasteiger partial charge in [-0.15, -0.1) is 0 Å². The van der Waals surface area contributed by atoms with Crippen LogP contribution in [0.25, 0.3) is 0 Å². The van der Waals surface area contributed by atoms with Gasteiger partial charge in [0.25, 0.3) is 0 Å². The highest BCUT2D eigenvalue weighted by Gasteiger charge is 2.36. The van der Waals surface area contributed by atoms with Crippen molar-refractivity contribution in [3.63, 3.8) is 0 Å². The zero-order valence-corrected chi connectivity index (χ0v) is 17.8. The number of hydrogen-bond acceptors (Lipinski definition) is 3. The molecule has 0 bridgehead atoms. The number of carbonyl (C=O) groups is 1. The Bertz CT molecular complexity index is 864. The fraction of sp³-hybridized carbons (Fsp3) is 0.435. The largest absolute Gasteiger partial charge is 0.530 e. The van der Waals surface area contributed by atoms with Gasteiger partial charge < -0.3 is 20.1 Å². The molecule has 2 atom stereocenters. The van der Waals surface area contributed by atoms with Crippen LogP contribution < -0.4 is 10.4 Å². The fourth-order valence-corrected chi connectivity index (χ4v) is 4.22. The molecule has 29 heavy (non-hydrogen) atoms. The first-order chi connectivity index (χ1) is 13.6. The van der Waals surface area contributed by atoms with Crippen LogP contribution in [0.5, 0.6) is 0 Å². The number of rotatable bonds is 4. The molecule has 0 spiro atoms. The van der Waals surface area contributed by atoms with Gasteiger partial charge in [-0.3, -0.25) is 0 Å². The van der Waals surface area contributed by atoms with E-state index in [9.17, 15) is 14.3 Å². The van der Waals surface area contributed by atoms with Crippen molar-refractivity contribution in [1.29, 1.82) is 0 Å². The summed E-state index contributed by atoms with van der Waals surface area (Å²) >= 11 is 6.22. The predicted molar refractivity (Wildman–Crippen MR) is 113 cm³/mol. The molecule has 2 unspecified atom stereocenters. The number of likely N-dealkylation sites (tertiary alicyclic amines) is 1. The van der Waals surface area contributed by atoms with Crippen LogP contribution in [0.15, 0.2) is 42.5 Å². The molecule has 1 heterocycles. The number of carboxylic acid groups (broad SMARTS) is 1. The molecule has 2 aromatic carbocycles. The van der Waals surface area contributed by atoms with Gasteiger partial charge in [0.2, 0.25) is 0 Å². The van der Waals surface area contributed by atoms with Gasteiger partial charge in [-0.1, -0.05) is 44.5 Å². The highest BCUT2D eigenvalue weighted by atomic mass is 35.5. The summed E-state index contributed by atoms with van der Waals surface area (Å²) in [6.45, 7) is 6.61. The molecule has 1 fully saturated rings. The maximum atomic E-state index is 13.2. The molecule has 156 valence electrons. The third kappa shape index (κ3) is 5.41. The lowest BCUT2D eigenvalue weighted by molar-refractivity contribution is -0.271. The van der Waals surface area contributed by atoms with Gasteiger partial charge in [-0.05, 0) is 66.1 Å². The van der Waals surface area contributed by atoms with E-state index in [2.05, 4.69) is 26.1 Å². The molecule has 4 nitrogen and oxygen atoms in total. The number of amides is 1. The van der Waals surface area contributed by atoms with Crippen LogP contribution in [-0.4, -0.2) is 29.6 Å². The average Bonchev–Trinajstić information content (AvgIpc) is 2.65. The zero-order valence-electron chi connectivity index (χ0n) is 17.0. The standard InChI is InChI=1S/C23H28ClFN2O2/c1-23(2,3)21-14-19(10-11-27(21)22(28)29)26-20-9-6-17(24)13-16(20)12-15-4-7-18(25)8-5-15/h4-9,13,19,21,26H,10-12,14H2,1-3H3,(H,28,29)/p-1. The number of hydrogen-bond donors (Lipinski definition) is 1. The Balaban J connectivity index is 1.79. The third-order valence-electron chi connectivity index (χ3n) is 5.57. The van der Waals surface area contributed by atoms with Crippen molar-refractivity contribution in [3.05, 3.63) is 64.4 Å². The van der Waals surface area contributed by atoms with Gasteiger partial charge in [0.1, 0.15) is 11.9 Å². The van der Waals surface area contributed by atoms with E-state index < -0.39 is 6.09 Å². The van der Waals surface area contributed by atoms with Crippen molar-refractivity contribution in [2.24, 2.45) is 5.41 Å². The molecule has 0 radical (unpaired) electrons. The lowest BCUT2D eigenvalue weighted by atomic mass is 9.79. The summed E-state index contributed by atoms with van der Waals surface area (Å²) in [6, 6.07) is 12.2. The Morgan fingerprint density at radius 3 is 2.55 bits per heavy atom. The van der Waals surface area contributed by atoms with E-state index in [1.54, 1.807) is 12.1 Å². The summed E-state index contributed by atoms with van der Waals surface area (Å²) in [7, 11) is 0. The van der Waals surface area contributed by atoms with E-state index in [0.29, 0.717) is 30.8 Å². The van der Waals surface area contributed by atoms with Crippen LogP contribution in [0, 0.1) is 11.2 Å². The number of halogens is 2. The minimum Gasteiger partial charge on any atom is -0.530 e. The quantitative estimate of drug-likeness (QED) is 0.784. The maximum Gasteiger partial charge on any atom is 0.137 e. The van der Waals surface area contributed by atoms with Crippen molar-refractivity contribution in [2.45, 2.75) is 52.1 Å². The summed E-state index contributed by atoms with van der Waals surface area (Å²) in [5, 5.41) is 15.8. The molecular weight excluding hydrogens is 391 g/mol. The number of benzene rings is 2. The molecule has 0 aromatic heterocycles. The fourth-order valence-electron chi connectivity index (χ4n) is 4.03. The van der Waals surface area contributed by atoms with E-state index in [-0.39, 0.29) is 23.3 Å². The van der Waals surface area contributed by atoms with Gasteiger partial charge in [0, 0.05) is 29.3 Å².